The molecule has 0 aliphatic rings. The molecular formula is C10H11N3O3. The van der Waals surface area contributed by atoms with E-state index in [4.69, 9.17) is 5.11 Å². The van der Waals surface area contributed by atoms with Gasteiger partial charge in [-0.05, 0) is 5.92 Å². The van der Waals surface area contributed by atoms with Gasteiger partial charge in [0.25, 0.3) is 5.56 Å². The third-order valence-electron chi connectivity index (χ3n) is 2.34. The van der Waals surface area contributed by atoms with E-state index in [9.17, 15) is 9.59 Å². The molecule has 6 heteroatoms. The summed E-state index contributed by atoms with van der Waals surface area (Å²) in [6.07, 6.45) is 1.19. The Balaban J connectivity index is 2.75. The number of H-pyrrole nitrogens is 1. The van der Waals surface area contributed by atoms with Gasteiger partial charge in [-0.2, -0.15) is 9.61 Å². The molecule has 0 saturated heterocycles. The molecule has 2 aromatic rings. The molecule has 0 saturated carbocycles. The van der Waals surface area contributed by atoms with E-state index >= 15 is 0 Å². The predicted octanol–water partition coefficient (Wildman–Crippen LogP) is 0.844. The Hall–Kier alpha value is -2.11. The SMILES string of the molecule is CC(C)c1cc2[nH]cc(C(=O)O)c(=O)n2n1. The smallest absolute Gasteiger partial charge is 0.342 e. The first-order valence-corrected chi connectivity index (χ1v) is 4.85. The molecule has 0 radical (unpaired) electrons. The number of carboxylic acid groups (broad SMARTS) is 1. The van der Waals surface area contributed by atoms with Crippen LogP contribution in [0.5, 0.6) is 0 Å². The maximum Gasteiger partial charge on any atom is 0.342 e. The van der Waals surface area contributed by atoms with Gasteiger partial charge in [-0.1, -0.05) is 13.8 Å². The van der Waals surface area contributed by atoms with Crippen molar-refractivity contribution in [3.8, 4) is 0 Å². The largest absolute Gasteiger partial charge is 0.477 e. The van der Waals surface area contributed by atoms with Gasteiger partial charge in [0, 0.05) is 12.3 Å². The Morgan fingerprint density at radius 2 is 2.25 bits per heavy atom. The molecule has 0 atom stereocenters. The van der Waals surface area contributed by atoms with E-state index < -0.39 is 11.5 Å². The van der Waals surface area contributed by atoms with Crippen LogP contribution in [0, 0.1) is 0 Å². The number of aromatic carboxylic acids is 1. The maximum atomic E-state index is 11.7. The highest BCUT2D eigenvalue weighted by molar-refractivity contribution is 5.86. The Kier molecular flexibility index (Phi) is 2.26. The lowest BCUT2D eigenvalue weighted by Crippen LogP contribution is -2.22. The molecule has 2 aromatic heterocycles. The minimum absolute atomic E-state index is 0.181. The van der Waals surface area contributed by atoms with Gasteiger partial charge in [-0.3, -0.25) is 4.79 Å². The van der Waals surface area contributed by atoms with Crippen LogP contribution in [-0.4, -0.2) is 25.7 Å². The molecule has 2 rings (SSSR count). The van der Waals surface area contributed by atoms with Crippen molar-refractivity contribution in [2.45, 2.75) is 19.8 Å². The molecule has 0 aromatic carbocycles. The van der Waals surface area contributed by atoms with Gasteiger partial charge < -0.3 is 10.1 Å². The third kappa shape index (κ3) is 1.48. The summed E-state index contributed by atoms with van der Waals surface area (Å²) >= 11 is 0. The van der Waals surface area contributed by atoms with Crippen LogP contribution in [0.3, 0.4) is 0 Å². The fourth-order valence-electron chi connectivity index (χ4n) is 1.41. The fraction of sp³-hybridized carbons (Fsp3) is 0.300. The number of aromatic nitrogens is 3. The molecule has 16 heavy (non-hydrogen) atoms. The maximum absolute atomic E-state index is 11.7. The van der Waals surface area contributed by atoms with E-state index in [-0.39, 0.29) is 11.5 Å². The summed E-state index contributed by atoms with van der Waals surface area (Å²) < 4.78 is 1.08. The molecule has 6 nitrogen and oxygen atoms in total. The average Bonchev–Trinajstić information content (AvgIpc) is 2.62. The Labute approximate surface area is 90.5 Å². The van der Waals surface area contributed by atoms with Crippen LogP contribution in [0.2, 0.25) is 0 Å². The summed E-state index contributed by atoms with van der Waals surface area (Å²) in [6, 6.07) is 1.73. The normalized spacial score (nSPS) is 11.2. The van der Waals surface area contributed by atoms with Crippen LogP contribution in [0.25, 0.3) is 5.65 Å². The standard InChI is InChI=1S/C10H11N3O3/c1-5(2)7-3-8-11-4-6(10(15)16)9(14)13(8)12-7/h3-5,11H,1-2H3,(H,15,16). The number of nitrogens with one attached hydrogen (secondary N) is 1. The number of nitrogens with zero attached hydrogens (tertiary/aromatic N) is 2. The van der Waals surface area contributed by atoms with Gasteiger partial charge >= 0.3 is 5.97 Å². The van der Waals surface area contributed by atoms with Gasteiger partial charge in [-0.15, -0.1) is 0 Å². The lowest BCUT2D eigenvalue weighted by molar-refractivity contribution is 0.0694. The average molecular weight is 221 g/mol. The second-order valence-corrected chi connectivity index (χ2v) is 3.83. The summed E-state index contributed by atoms with van der Waals surface area (Å²) in [7, 11) is 0. The minimum Gasteiger partial charge on any atom is -0.477 e. The van der Waals surface area contributed by atoms with E-state index in [1.54, 1.807) is 6.07 Å². The van der Waals surface area contributed by atoms with E-state index in [0.29, 0.717) is 5.65 Å². The lowest BCUT2D eigenvalue weighted by atomic mass is 10.1. The van der Waals surface area contributed by atoms with Crippen molar-refractivity contribution >= 4 is 11.6 Å². The van der Waals surface area contributed by atoms with E-state index in [2.05, 4.69) is 10.1 Å². The monoisotopic (exact) mass is 221 g/mol. The van der Waals surface area contributed by atoms with Gasteiger partial charge in [0.05, 0.1) is 5.69 Å². The molecule has 84 valence electrons. The van der Waals surface area contributed by atoms with Crippen molar-refractivity contribution < 1.29 is 9.90 Å². The fourth-order valence-corrected chi connectivity index (χ4v) is 1.41. The Morgan fingerprint density at radius 1 is 1.56 bits per heavy atom. The van der Waals surface area contributed by atoms with E-state index in [0.717, 1.165) is 10.2 Å². The molecular weight excluding hydrogens is 210 g/mol. The molecule has 0 fully saturated rings. The van der Waals surface area contributed by atoms with Crippen molar-refractivity contribution in [1.82, 2.24) is 14.6 Å². The zero-order valence-electron chi connectivity index (χ0n) is 8.89. The van der Waals surface area contributed by atoms with Crippen LogP contribution >= 0.6 is 0 Å². The molecule has 2 heterocycles. The molecule has 0 aliphatic carbocycles. The molecule has 0 spiro atoms. The number of carboxylic acids is 1. The van der Waals surface area contributed by atoms with Crippen LogP contribution in [0.4, 0.5) is 0 Å². The molecule has 0 amide bonds. The highest BCUT2D eigenvalue weighted by Crippen LogP contribution is 2.12. The molecule has 0 unspecified atom stereocenters. The first-order chi connectivity index (χ1) is 7.50. The Bertz CT molecular complexity index is 609. The highest BCUT2D eigenvalue weighted by Gasteiger charge is 2.14. The number of hydrogen-bond donors (Lipinski definition) is 2. The summed E-state index contributed by atoms with van der Waals surface area (Å²) in [5.74, 6) is -1.08. The summed E-state index contributed by atoms with van der Waals surface area (Å²) in [5, 5.41) is 12.8. The summed E-state index contributed by atoms with van der Waals surface area (Å²) in [4.78, 5) is 25.2. The van der Waals surface area contributed by atoms with E-state index in [1.807, 2.05) is 13.8 Å². The minimum atomic E-state index is -1.26. The second-order valence-electron chi connectivity index (χ2n) is 3.83. The van der Waals surface area contributed by atoms with Gasteiger partial charge in [0.15, 0.2) is 0 Å². The van der Waals surface area contributed by atoms with Crippen molar-refractivity contribution in [1.29, 1.82) is 0 Å². The van der Waals surface area contributed by atoms with Gasteiger partial charge in [-0.25, -0.2) is 4.79 Å². The summed E-state index contributed by atoms with van der Waals surface area (Å²) in [6.45, 7) is 3.90. The van der Waals surface area contributed by atoms with Crippen LogP contribution in [-0.2, 0) is 0 Å². The number of hydrogen-bond acceptors (Lipinski definition) is 3. The third-order valence-corrected chi connectivity index (χ3v) is 2.34. The number of aromatic amines is 1. The van der Waals surface area contributed by atoms with E-state index in [1.165, 1.54) is 6.20 Å². The quantitative estimate of drug-likeness (QED) is 0.786. The first kappa shape index (κ1) is 10.4. The van der Waals surface area contributed by atoms with Crippen molar-refractivity contribution in [2.75, 3.05) is 0 Å². The van der Waals surface area contributed by atoms with Gasteiger partial charge in [0.2, 0.25) is 0 Å². The molecule has 2 N–H and O–H groups in total. The van der Waals surface area contributed by atoms with Crippen molar-refractivity contribution in [3.05, 3.63) is 33.9 Å². The zero-order chi connectivity index (χ0) is 11.9. The van der Waals surface area contributed by atoms with Gasteiger partial charge in [0.1, 0.15) is 11.2 Å². The lowest BCUT2D eigenvalue weighted by Gasteiger charge is -1.96. The van der Waals surface area contributed by atoms with Crippen LogP contribution in [0.15, 0.2) is 17.1 Å². The first-order valence-electron chi connectivity index (χ1n) is 4.85. The Morgan fingerprint density at radius 3 is 2.81 bits per heavy atom. The molecule has 0 aliphatic heterocycles. The second kappa shape index (κ2) is 3.48. The highest BCUT2D eigenvalue weighted by atomic mass is 16.4. The van der Waals surface area contributed by atoms with Crippen LogP contribution < -0.4 is 5.56 Å². The zero-order valence-corrected chi connectivity index (χ0v) is 8.89. The van der Waals surface area contributed by atoms with Crippen molar-refractivity contribution in [3.63, 3.8) is 0 Å². The summed E-state index contributed by atoms with van der Waals surface area (Å²) in [5.41, 5.74) is 0.314. The number of carbonyl (C=O) groups is 1. The topological polar surface area (TPSA) is 87.5 Å². The molecule has 0 bridgehead atoms. The van der Waals surface area contributed by atoms with Crippen molar-refractivity contribution in [2.24, 2.45) is 0 Å². The van der Waals surface area contributed by atoms with Crippen LogP contribution in [0.1, 0.15) is 35.8 Å². The number of fused-ring (bicyclic) bond motifs is 1. The predicted molar refractivity (Wildman–Crippen MR) is 56.9 cm³/mol. The number of rotatable bonds is 2.